The van der Waals surface area contributed by atoms with Gasteiger partial charge < -0.3 is 10.2 Å². The first kappa shape index (κ1) is 11.4. The van der Waals surface area contributed by atoms with E-state index in [-0.39, 0.29) is 0 Å². The topological polar surface area (TPSA) is 39.1 Å². The van der Waals surface area contributed by atoms with Crippen LogP contribution in [0.25, 0.3) is 0 Å². The third-order valence-corrected chi connectivity index (χ3v) is 2.16. The van der Waals surface area contributed by atoms with E-state index in [2.05, 4.69) is 28.4 Å². The molecule has 1 aromatic carbocycles. The second kappa shape index (κ2) is 5.92. The van der Waals surface area contributed by atoms with Gasteiger partial charge in [-0.15, -0.1) is 0 Å². The van der Waals surface area contributed by atoms with Gasteiger partial charge in [-0.1, -0.05) is 6.07 Å². The Morgan fingerprint density at radius 1 is 1.40 bits per heavy atom. The molecule has 1 aromatic rings. The molecule has 0 aliphatic carbocycles. The van der Waals surface area contributed by atoms with Crippen LogP contribution in [0.2, 0.25) is 0 Å². The Kier molecular flexibility index (Phi) is 4.49. The molecule has 0 unspecified atom stereocenters. The fraction of sp³-hybridized carbons (Fsp3) is 0.417. The Balaban J connectivity index is 2.48. The van der Waals surface area contributed by atoms with Crippen molar-refractivity contribution in [1.29, 1.82) is 5.26 Å². The SMILES string of the molecule is CN(C)c1cccc(NCCCC#N)c1. The number of hydrogen-bond acceptors (Lipinski definition) is 3. The van der Waals surface area contributed by atoms with Crippen LogP contribution in [0.15, 0.2) is 24.3 Å². The molecule has 15 heavy (non-hydrogen) atoms. The quantitative estimate of drug-likeness (QED) is 0.747. The van der Waals surface area contributed by atoms with Crippen molar-refractivity contribution in [3.8, 4) is 6.07 Å². The summed E-state index contributed by atoms with van der Waals surface area (Å²) < 4.78 is 0. The van der Waals surface area contributed by atoms with Crippen LogP contribution in [0.3, 0.4) is 0 Å². The molecule has 0 heterocycles. The van der Waals surface area contributed by atoms with Crippen molar-refractivity contribution in [1.82, 2.24) is 0 Å². The molecule has 0 atom stereocenters. The molecule has 0 aliphatic rings. The van der Waals surface area contributed by atoms with Crippen molar-refractivity contribution in [2.45, 2.75) is 12.8 Å². The number of benzene rings is 1. The highest BCUT2D eigenvalue weighted by Crippen LogP contribution is 2.17. The van der Waals surface area contributed by atoms with Crippen molar-refractivity contribution < 1.29 is 0 Å². The molecule has 0 bridgehead atoms. The number of nitriles is 1. The average Bonchev–Trinajstić information content (AvgIpc) is 2.25. The van der Waals surface area contributed by atoms with Gasteiger partial charge in [0.05, 0.1) is 6.07 Å². The van der Waals surface area contributed by atoms with E-state index < -0.39 is 0 Å². The molecule has 0 spiro atoms. The molecule has 3 nitrogen and oxygen atoms in total. The summed E-state index contributed by atoms with van der Waals surface area (Å²) in [4.78, 5) is 2.07. The Labute approximate surface area is 91.3 Å². The van der Waals surface area contributed by atoms with Crippen molar-refractivity contribution in [2.75, 3.05) is 30.9 Å². The van der Waals surface area contributed by atoms with E-state index in [0.29, 0.717) is 6.42 Å². The zero-order valence-electron chi connectivity index (χ0n) is 9.33. The third kappa shape index (κ3) is 3.90. The van der Waals surface area contributed by atoms with Gasteiger partial charge in [0.25, 0.3) is 0 Å². The van der Waals surface area contributed by atoms with E-state index in [9.17, 15) is 0 Å². The lowest BCUT2D eigenvalue weighted by atomic mass is 10.2. The number of rotatable bonds is 5. The molecule has 1 rings (SSSR count). The van der Waals surface area contributed by atoms with E-state index >= 15 is 0 Å². The fourth-order valence-electron chi connectivity index (χ4n) is 1.29. The van der Waals surface area contributed by atoms with Crippen molar-refractivity contribution >= 4 is 11.4 Å². The minimum Gasteiger partial charge on any atom is -0.385 e. The first-order chi connectivity index (χ1) is 7.24. The summed E-state index contributed by atoms with van der Waals surface area (Å²) in [6.07, 6.45) is 1.50. The van der Waals surface area contributed by atoms with E-state index in [0.717, 1.165) is 18.7 Å². The number of unbranched alkanes of at least 4 members (excludes halogenated alkanes) is 1. The minimum atomic E-state index is 0.611. The highest BCUT2D eigenvalue weighted by molar-refractivity contribution is 5.57. The maximum absolute atomic E-state index is 8.40. The second-order valence-corrected chi connectivity index (χ2v) is 3.63. The standard InChI is InChI=1S/C12H17N3/c1-15(2)12-7-5-6-11(10-12)14-9-4-3-8-13/h5-7,10,14H,3-4,9H2,1-2H3. The Morgan fingerprint density at radius 2 is 2.20 bits per heavy atom. The van der Waals surface area contributed by atoms with Crippen molar-refractivity contribution in [2.24, 2.45) is 0 Å². The largest absolute Gasteiger partial charge is 0.385 e. The summed E-state index contributed by atoms with van der Waals surface area (Å²) in [5.41, 5.74) is 2.29. The van der Waals surface area contributed by atoms with Gasteiger partial charge in [-0.2, -0.15) is 5.26 Å². The zero-order valence-corrected chi connectivity index (χ0v) is 9.33. The average molecular weight is 203 g/mol. The number of anilines is 2. The maximum atomic E-state index is 8.40. The summed E-state index contributed by atoms with van der Waals surface area (Å²) >= 11 is 0. The first-order valence-electron chi connectivity index (χ1n) is 5.12. The van der Waals surface area contributed by atoms with E-state index in [1.807, 2.05) is 26.2 Å². The summed E-state index contributed by atoms with van der Waals surface area (Å²) in [6.45, 7) is 0.852. The molecule has 0 saturated carbocycles. The Hall–Kier alpha value is -1.69. The molecule has 0 amide bonds. The molecular weight excluding hydrogens is 186 g/mol. The first-order valence-corrected chi connectivity index (χ1v) is 5.12. The fourth-order valence-corrected chi connectivity index (χ4v) is 1.29. The summed E-state index contributed by atoms with van der Waals surface area (Å²) in [7, 11) is 4.05. The number of hydrogen-bond donors (Lipinski definition) is 1. The van der Waals surface area contributed by atoms with Gasteiger partial charge in [-0.05, 0) is 24.6 Å². The van der Waals surface area contributed by atoms with Gasteiger partial charge in [-0.3, -0.25) is 0 Å². The van der Waals surface area contributed by atoms with Gasteiger partial charge in [0, 0.05) is 38.4 Å². The van der Waals surface area contributed by atoms with Gasteiger partial charge >= 0.3 is 0 Å². The maximum Gasteiger partial charge on any atom is 0.0622 e. The predicted octanol–water partition coefficient (Wildman–Crippen LogP) is 2.47. The van der Waals surface area contributed by atoms with Gasteiger partial charge in [0.2, 0.25) is 0 Å². The van der Waals surface area contributed by atoms with Crippen molar-refractivity contribution in [3.05, 3.63) is 24.3 Å². The smallest absolute Gasteiger partial charge is 0.0622 e. The molecule has 0 aliphatic heterocycles. The molecule has 3 heteroatoms. The zero-order chi connectivity index (χ0) is 11.1. The summed E-state index contributed by atoms with van der Waals surface area (Å²) in [5.74, 6) is 0. The molecule has 0 radical (unpaired) electrons. The molecule has 0 fully saturated rings. The molecule has 0 aromatic heterocycles. The Morgan fingerprint density at radius 3 is 2.87 bits per heavy atom. The Bertz CT molecular complexity index is 339. The number of nitrogens with zero attached hydrogens (tertiary/aromatic N) is 2. The van der Waals surface area contributed by atoms with Crippen LogP contribution in [0.5, 0.6) is 0 Å². The lowest BCUT2D eigenvalue weighted by Crippen LogP contribution is -2.09. The predicted molar refractivity (Wildman–Crippen MR) is 64.1 cm³/mol. The normalized spacial score (nSPS) is 9.40. The highest BCUT2D eigenvalue weighted by Gasteiger charge is 1.96. The van der Waals surface area contributed by atoms with Crippen LogP contribution in [0, 0.1) is 11.3 Å². The summed E-state index contributed by atoms with van der Waals surface area (Å²) in [5, 5.41) is 11.7. The number of nitrogens with one attached hydrogen (secondary N) is 1. The van der Waals surface area contributed by atoms with Crippen LogP contribution in [0.1, 0.15) is 12.8 Å². The van der Waals surface area contributed by atoms with Gasteiger partial charge in [0.1, 0.15) is 0 Å². The van der Waals surface area contributed by atoms with Crippen molar-refractivity contribution in [3.63, 3.8) is 0 Å². The summed E-state index contributed by atoms with van der Waals surface area (Å²) in [6, 6.07) is 10.4. The van der Waals surface area contributed by atoms with Crippen LogP contribution in [0.4, 0.5) is 11.4 Å². The van der Waals surface area contributed by atoms with E-state index in [1.165, 1.54) is 5.69 Å². The monoisotopic (exact) mass is 203 g/mol. The van der Waals surface area contributed by atoms with E-state index in [4.69, 9.17) is 5.26 Å². The lowest BCUT2D eigenvalue weighted by molar-refractivity contribution is 0.897. The molecular formula is C12H17N3. The van der Waals surface area contributed by atoms with Gasteiger partial charge in [-0.25, -0.2) is 0 Å². The van der Waals surface area contributed by atoms with E-state index in [1.54, 1.807) is 0 Å². The van der Waals surface area contributed by atoms with Crippen LogP contribution < -0.4 is 10.2 Å². The van der Waals surface area contributed by atoms with Gasteiger partial charge in [0.15, 0.2) is 0 Å². The molecule has 0 saturated heterocycles. The minimum absolute atomic E-state index is 0.611. The van der Waals surface area contributed by atoms with Crippen LogP contribution in [-0.2, 0) is 0 Å². The van der Waals surface area contributed by atoms with Crippen LogP contribution >= 0.6 is 0 Å². The third-order valence-electron chi connectivity index (χ3n) is 2.16. The highest BCUT2D eigenvalue weighted by atomic mass is 15.1. The molecule has 1 N–H and O–H groups in total. The molecule has 80 valence electrons. The van der Waals surface area contributed by atoms with Crippen LogP contribution in [-0.4, -0.2) is 20.6 Å². The lowest BCUT2D eigenvalue weighted by Gasteiger charge is -2.14. The second-order valence-electron chi connectivity index (χ2n) is 3.63.